The van der Waals surface area contributed by atoms with Gasteiger partial charge in [-0.2, -0.15) is 0 Å². The minimum Gasteiger partial charge on any atom is -0.395 e. The fraction of sp³-hybridized carbons (Fsp3) is 1.00. The number of hydrogen-bond donors (Lipinski definition) is 2. The standard InChI is InChI=1S/C8H20N2O/c1-4-5-7(9)8(6-11)10(2)3/h7-8,11H,4-6,9H2,1-3H3. The van der Waals surface area contributed by atoms with Gasteiger partial charge in [-0.15, -0.1) is 0 Å². The van der Waals surface area contributed by atoms with Crippen molar-refractivity contribution in [1.29, 1.82) is 0 Å². The molecular formula is C8H20N2O. The van der Waals surface area contributed by atoms with Gasteiger partial charge >= 0.3 is 0 Å². The van der Waals surface area contributed by atoms with Gasteiger partial charge in [-0.1, -0.05) is 13.3 Å². The molecular weight excluding hydrogens is 140 g/mol. The van der Waals surface area contributed by atoms with Crippen molar-refractivity contribution in [3.8, 4) is 0 Å². The number of aliphatic hydroxyl groups is 1. The van der Waals surface area contributed by atoms with Crippen LogP contribution in [-0.4, -0.2) is 42.8 Å². The van der Waals surface area contributed by atoms with Crippen LogP contribution >= 0.6 is 0 Å². The minimum atomic E-state index is 0.0972. The van der Waals surface area contributed by atoms with Crippen molar-refractivity contribution in [1.82, 2.24) is 4.90 Å². The average molecular weight is 160 g/mol. The topological polar surface area (TPSA) is 49.5 Å². The van der Waals surface area contributed by atoms with Crippen LogP contribution in [0.15, 0.2) is 0 Å². The lowest BCUT2D eigenvalue weighted by molar-refractivity contribution is 0.144. The number of aliphatic hydroxyl groups excluding tert-OH is 1. The number of nitrogens with two attached hydrogens (primary N) is 1. The highest BCUT2D eigenvalue weighted by Gasteiger charge is 2.17. The average Bonchev–Trinajstić information content (AvgIpc) is 1.88. The van der Waals surface area contributed by atoms with Crippen molar-refractivity contribution in [3.05, 3.63) is 0 Å². The van der Waals surface area contributed by atoms with E-state index in [9.17, 15) is 0 Å². The van der Waals surface area contributed by atoms with Gasteiger partial charge in [0.1, 0.15) is 0 Å². The van der Waals surface area contributed by atoms with Gasteiger partial charge in [0.2, 0.25) is 0 Å². The van der Waals surface area contributed by atoms with E-state index < -0.39 is 0 Å². The smallest absolute Gasteiger partial charge is 0.0601 e. The third kappa shape index (κ3) is 3.70. The second-order valence-electron chi connectivity index (χ2n) is 3.17. The molecule has 3 heteroatoms. The molecule has 0 heterocycles. The molecule has 0 aromatic rings. The summed E-state index contributed by atoms with van der Waals surface area (Å²) in [5.41, 5.74) is 5.84. The second kappa shape index (κ2) is 5.52. The number of nitrogens with zero attached hydrogens (tertiary/aromatic N) is 1. The molecule has 11 heavy (non-hydrogen) atoms. The summed E-state index contributed by atoms with van der Waals surface area (Å²) >= 11 is 0. The predicted molar refractivity (Wildman–Crippen MR) is 47.4 cm³/mol. The predicted octanol–water partition coefficient (Wildman–Crippen LogP) is 0.0363. The van der Waals surface area contributed by atoms with Crippen molar-refractivity contribution >= 4 is 0 Å². The maximum Gasteiger partial charge on any atom is 0.0601 e. The molecule has 68 valence electrons. The van der Waals surface area contributed by atoms with Gasteiger partial charge in [0.25, 0.3) is 0 Å². The third-order valence-electron chi connectivity index (χ3n) is 1.97. The lowest BCUT2D eigenvalue weighted by atomic mass is 10.0. The third-order valence-corrected chi connectivity index (χ3v) is 1.97. The molecule has 0 spiro atoms. The van der Waals surface area contributed by atoms with Gasteiger partial charge in [0, 0.05) is 12.1 Å². The van der Waals surface area contributed by atoms with E-state index in [1.54, 1.807) is 0 Å². The summed E-state index contributed by atoms with van der Waals surface area (Å²) in [6.07, 6.45) is 2.05. The second-order valence-corrected chi connectivity index (χ2v) is 3.17. The molecule has 2 unspecified atom stereocenters. The highest BCUT2D eigenvalue weighted by molar-refractivity contribution is 4.77. The van der Waals surface area contributed by atoms with Crippen molar-refractivity contribution in [2.45, 2.75) is 31.8 Å². The van der Waals surface area contributed by atoms with E-state index in [-0.39, 0.29) is 18.7 Å². The first-order chi connectivity index (χ1) is 5.13. The van der Waals surface area contributed by atoms with Crippen molar-refractivity contribution in [2.24, 2.45) is 5.73 Å². The van der Waals surface area contributed by atoms with Crippen molar-refractivity contribution < 1.29 is 5.11 Å². The van der Waals surface area contributed by atoms with Gasteiger partial charge in [-0.05, 0) is 20.5 Å². The zero-order valence-corrected chi connectivity index (χ0v) is 7.75. The van der Waals surface area contributed by atoms with Crippen LogP contribution in [0.25, 0.3) is 0 Å². The van der Waals surface area contributed by atoms with E-state index in [2.05, 4.69) is 6.92 Å². The molecule has 0 radical (unpaired) electrons. The molecule has 3 N–H and O–H groups in total. The molecule has 0 saturated carbocycles. The molecule has 3 nitrogen and oxygen atoms in total. The summed E-state index contributed by atoms with van der Waals surface area (Å²) in [4.78, 5) is 1.97. The number of likely N-dealkylation sites (N-methyl/N-ethyl adjacent to an activating group) is 1. The van der Waals surface area contributed by atoms with Gasteiger partial charge in [0.15, 0.2) is 0 Å². The van der Waals surface area contributed by atoms with Crippen LogP contribution in [0.3, 0.4) is 0 Å². The summed E-state index contributed by atoms with van der Waals surface area (Å²) < 4.78 is 0. The molecule has 0 fully saturated rings. The van der Waals surface area contributed by atoms with Crippen LogP contribution in [0.5, 0.6) is 0 Å². The van der Waals surface area contributed by atoms with Crippen LogP contribution < -0.4 is 5.73 Å². The molecule has 0 bridgehead atoms. The summed E-state index contributed by atoms with van der Waals surface area (Å²) in [5, 5.41) is 8.97. The highest BCUT2D eigenvalue weighted by atomic mass is 16.3. The number of hydrogen-bond acceptors (Lipinski definition) is 3. The summed E-state index contributed by atoms with van der Waals surface area (Å²) in [7, 11) is 3.88. The molecule has 0 aliphatic heterocycles. The molecule has 0 aliphatic rings. The van der Waals surface area contributed by atoms with Gasteiger partial charge in [0.05, 0.1) is 6.61 Å². The first-order valence-electron chi connectivity index (χ1n) is 4.16. The van der Waals surface area contributed by atoms with Crippen molar-refractivity contribution in [2.75, 3.05) is 20.7 Å². The monoisotopic (exact) mass is 160 g/mol. The fourth-order valence-electron chi connectivity index (χ4n) is 1.21. The van der Waals surface area contributed by atoms with Crippen LogP contribution in [0.1, 0.15) is 19.8 Å². The van der Waals surface area contributed by atoms with Gasteiger partial charge < -0.3 is 15.7 Å². The Balaban J connectivity index is 3.81. The van der Waals surface area contributed by atoms with E-state index in [0.717, 1.165) is 12.8 Å². The Hall–Kier alpha value is -0.120. The normalized spacial score (nSPS) is 16.9. The van der Waals surface area contributed by atoms with Crippen LogP contribution in [0, 0.1) is 0 Å². The summed E-state index contributed by atoms with van der Waals surface area (Å²) in [6, 6.07) is 0.204. The van der Waals surface area contributed by atoms with Crippen molar-refractivity contribution in [3.63, 3.8) is 0 Å². The van der Waals surface area contributed by atoms with E-state index >= 15 is 0 Å². The van der Waals surface area contributed by atoms with Gasteiger partial charge in [-0.25, -0.2) is 0 Å². The van der Waals surface area contributed by atoms with E-state index in [4.69, 9.17) is 10.8 Å². The first-order valence-corrected chi connectivity index (χ1v) is 4.16. The van der Waals surface area contributed by atoms with E-state index in [0.29, 0.717) is 0 Å². The Morgan fingerprint density at radius 1 is 1.45 bits per heavy atom. The molecule has 0 saturated heterocycles. The zero-order valence-electron chi connectivity index (χ0n) is 7.75. The van der Waals surface area contributed by atoms with Crippen LogP contribution in [0.4, 0.5) is 0 Å². The number of rotatable bonds is 5. The molecule has 0 aliphatic carbocycles. The summed E-state index contributed by atoms with van der Waals surface area (Å²) in [6.45, 7) is 2.25. The molecule has 0 rings (SSSR count). The van der Waals surface area contributed by atoms with Crippen LogP contribution in [0.2, 0.25) is 0 Å². The Morgan fingerprint density at radius 3 is 2.27 bits per heavy atom. The minimum absolute atomic E-state index is 0.0972. The Labute approximate surface area is 69.2 Å². The largest absolute Gasteiger partial charge is 0.395 e. The zero-order chi connectivity index (χ0) is 8.85. The first kappa shape index (κ1) is 10.9. The molecule has 0 aromatic heterocycles. The SMILES string of the molecule is CCCC(N)C(CO)N(C)C. The van der Waals surface area contributed by atoms with Gasteiger partial charge in [-0.3, -0.25) is 0 Å². The highest BCUT2D eigenvalue weighted by Crippen LogP contribution is 2.03. The maximum absolute atomic E-state index is 8.97. The van der Waals surface area contributed by atoms with Crippen LogP contribution in [-0.2, 0) is 0 Å². The molecule has 0 aromatic carbocycles. The molecule has 2 atom stereocenters. The van der Waals surface area contributed by atoms with E-state index in [1.807, 2.05) is 19.0 Å². The summed E-state index contributed by atoms with van der Waals surface area (Å²) in [5.74, 6) is 0. The maximum atomic E-state index is 8.97. The Morgan fingerprint density at radius 2 is 2.00 bits per heavy atom. The fourth-order valence-corrected chi connectivity index (χ4v) is 1.21. The molecule has 0 amide bonds. The lowest BCUT2D eigenvalue weighted by Crippen LogP contribution is -2.46. The quantitative estimate of drug-likeness (QED) is 0.597. The Bertz CT molecular complexity index is 96.1. The lowest BCUT2D eigenvalue weighted by Gasteiger charge is -2.27. The Kier molecular flexibility index (Phi) is 5.46. The van der Waals surface area contributed by atoms with E-state index in [1.165, 1.54) is 0 Å².